The summed E-state index contributed by atoms with van der Waals surface area (Å²) in [7, 11) is -2.15. The molecule has 2 unspecified atom stereocenters. The molecule has 0 aliphatic carbocycles. The van der Waals surface area contributed by atoms with Gasteiger partial charge in [-0.25, -0.2) is 8.42 Å². The van der Waals surface area contributed by atoms with Crippen molar-refractivity contribution >= 4 is 15.9 Å². The van der Waals surface area contributed by atoms with Crippen LogP contribution < -0.4 is 5.73 Å². The number of furan rings is 1. The summed E-state index contributed by atoms with van der Waals surface area (Å²) in [5, 5.41) is 0. The first-order chi connectivity index (χ1) is 12.9. The van der Waals surface area contributed by atoms with Crippen molar-refractivity contribution in [3.8, 4) is 0 Å². The van der Waals surface area contributed by atoms with Crippen molar-refractivity contribution in [1.82, 2.24) is 9.21 Å². The van der Waals surface area contributed by atoms with Crippen LogP contribution in [0.3, 0.4) is 0 Å². The highest BCUT2D eigenvalue weighted by Gasteiger charge is 2.38. The van der Waals surface area contributed by atoms with E-state index in [0.29, 0.717) is 0 Å². The van der Waals surface area contributed by atoms with Crippen molar-refractivity contribution < 1.29 is 17.6 Å². The average molecular weight is 389 g/mol. The monoisotopic (exact) mass is 389 g/mol. The van der Waals surface area contributed by atoms with Crippen molar-refractivity contribution in [1.29, 1.82) is 0 Å². The van der Waals surface area contributed by atoms with Gasteiger partial charge in [0, 0.05) is 38.3 Å². The maximum atomic E-state index is 13.0. The summed E-state index contributed by atoms with van der Waals surface area (Å²) < 4.78 is 32.4. The van der Waals surface area contributed by atoms with Gasteiger partial charge in [0.2, 0.25) is 10.0 Å². The Kier molecular flexibility index (Phi) is 4.57. The van der Waals surface area contributed by atoms with Crippen LogP contribution in [0, 0.1) is 0 Å². The number of sulfonamides is 1. The number of benzene rings is 1. The van der Waals surface area contributed by atoms with Gasteiger partial charge < -0.3 is 10.2 Å². The van der Waals surface area contributed by atoms with Gasteiger partial charge in [-0.15, -0.1) is 0 Å². The summed E-state index contributed by atoms with van der Waals surface area (Å²) in [5.74, 6) is -0.941. The van der Waals surface area contributed by atoms with E-state index in [1.807, 2.05) is 6.07 Å². The zero-order valence-electron chi connectivity index (χ0n) is 15.2. The molecule has 7 nitrogen and oxygen atoms in total. The van der Waals surface area contributed by atoms with Crippen LogP contribution in [0.4, 0.5) is 0 Å². The number of nitrogens with two attached hydrogens (primary N) is 1. The number of primary amides is 1. The van der Waals surface area contributed by atoms with E-state index in [-0.39, 0.29) is 22.7 Å². The third-order valence-corrected chi connectivity index (χ3v) is 7.64. The largest absolute Gasteiger partial charge is 0.458 e. The van der Waals surface area contributed by atoms with E-state index in [1.54, 1.807) is 7.05 Å². The van der Waals surface area contributed by atoms with Gasteiger partial charge in [-0.3, -0.25) is 9.69 Å². The van der Waals surface area contributed by atoms with Crippen LogP contribution in [0.5, 0.6) is 0 Å². The van der Waals surface area contributed by atoms with E-state index >= 15 is 0 Å². The van der Waals surface area contributed by atoms with Crippen LogP contribution >= 0.6 is 0 Å². The average Bonchev–Trinajstić information content (AvgIpc) is 3.18. The molecule has 1 aromatic heterocycles. The van der Waals surface area contributed by atoms with Crippen LogP contribution in [0.1, 0.15) is 40.6 Å². The maximum Gasteiger partial charge on any atom is 0.284 e. The number of hydrogen-bond acceptors (Lipinski definition) is 5. The molecule has 2 aliphatic rings. The fourth-order valence-corrected chi connectivity index (χ4v) is 5.56. The molecule has 144 valence electrons. The SMILES string of the molecule is CN(C1CCN2CCc3ccccc3C2C1)S(=O)(=O)c1coc(C(N)=O)c1. The van der Waals surface area contributed by atoms with Gasteiger partial charge in [-0.2, -0.15) is 4.31 Å². The Bertz CT molecular complexity index is 969. The Morgan fingerprint density at radius 3 is 2.81 bits per heavy atom. The van der Waals surface area contributed by atoms with E-state index in [1.165, 1.54) is 21.5 Å². The van der Waals surface area contributed by atoms with Crippen molar-refractivity contribution in [2.45, 2.75) is 36.2 Å². The molecule has 1 fully saturated rings. The van der Waals surface area contributed by atoms with Gasteiger partial charge in [0.05, 0.1) is 0 Å². The van der Waals surface area contributed by atoms with Crippen LogP contribution in [0.15, 0.2) is 45.9 Å². The van der Waals surface area contributed by atoms with E-state index in [0.717, 1.165) is 38.6 Å². The Morgan fingerprint density at radius 1 is 1.30 bits per heavy atom. The molecule has 0 bridgehead atoms. The molecule has 1 amide bonds. The zero-order valence-corrected chi connectivity index (χ0v) is 16.0. The van der Waals surface area contributed by atoms with E-state index in [2.05, 4.69) is 23.1 Å². The summed E-state index contributed by atoms with van der Waals surface area (Å²) in [4.78, 5) is 13.6. The molecule has 0 radical (unpaired) electrons. The van der Waals surface area contributed by atoms with Gasteiger partial charge in [0.25, 0.3) is 5.91 Å². The molecule has 27 heavy (non-hydrogen) atoms. The van der Waals surface area contributed by atoms with E-state index in [4.69, 9.17) is 10.2 Å². The van der Waals surface area contributed by atoms with Gasteiger partial charge in [-0.1, -0.05) is 24.3 Å². The number of rotatable bonds is 4. The highest BCUT2D eigenvalue weighted by Crippen LogP contribution is 2.38. The van der Waals surface area contributed by atoms with Crippen LogP contribution in [0.2, 0.25) is 0 Å². The van der Waals surface area contributed by atoms with Gasteiger partial charge >= 0.3 is 0 Å². The van der Waals surface area contributed by atoms with Crippen molar-refractivity contribution in [2.24, 2.45) is 5.73 Å². The minimum atomic E-state index is -3.75. The molecule has 3 heterocycles. The van der Waals surface area contributed by atoms with Gasteiger partial charge in [-0.05, 0) is 30.4 Å². The molecular formula is C19H23N3O4S. The minimum Gasteiger partial charge on any atom is -0.458 e. The Balaban J connectivity index is 1.58. The lowest BCUT2D eigenvalue weighted by atomic mass is 9.85. The lowest BCUT2D eigenvalue weighted by molar-refractivity contribution is 0.0968. The first kappa shape index (κ1) is 18.2. The quantitative estimate of drug-likeness (QED) is 0.859. The first-order valence-electron chi connectivity index (χ1n) is 9.06. The smallest absolute Gasteiger partial charge is 0.284 e. The third-order valence-electron chi connectivity index (χ3n) is 5.78. The minimum absolute atomic E-state index is 0.0368. The first-order valence-corrected chi connectivity index (χ1v) is 10.5. The molecule has 4 rings (SSSR count). The number of piperidine rings is 1. The van der Waals surface area contributed by atoms with Crippen LogP contribution in [-0.4, -0.2) is 49.7 Å². The predicted molar refractivity (Wildman–Crippen MR) is 99.7 cm³/mol. The lowest BCUT2D eigenvalue weighted by Crippen LogP contribution is -2.48. The highest BCUT2D eigenvalue weighted by molar-refractivity contribution is 7.89. The number of carbonyl (C=O) groups is 1. The molecule has 0 saturated carbocycles. The summed E-state index contributed by atoms with van der Waals surface area (Å²) >= 11 is 0. The van der Waals surface area contributed by atoms with E-state index in [9.17, 15) is 13.2 Å². The molecule has 2 atom stereocenters. The maximum absolute atomic E-state index is 13.0. The predicted octanol–water partition coefficient (Wildman–Crippen LogP) is 1.76. The van der Waals surface area contributed by atoms with Gasteiger partial charge in [0.15, 0.2) is 5.76 Å². The topological polar surface area (TPSA) is 96.8 Å². The number of amides is 1. The Morgan fingerprint density at radius 2 is 2.07 bits per heavy atom. The summed E-state index contributed by atoms with van der Waals surface area (Å²) in [6.45, 7) is 1.87. The second kappa shape index (κ2) is 6.78. The molecule has 2 aliphatic heterocycles. The van der Waals surface area contributed by atoms with Crippen molar-refractivity contribution in [3.05, 3.63) is 53.5 Å². The summed E-state index contributed by atoms with van der Waals surface area (Å²) in [6, 6.07) is 9.72. The lowest BCUT2D eigenvalue weighted by Gasteiger charge is -2.45. The highest BCUT2D eigenvalue weighted by atomic mass is 32.2. The third kappa shape index (κ3) is 3.18. The molecule has 1 aromatic carbocycles. The fourth-order valence-electron chi connectivity index (χ4n) is 4.21. The van der Waals surface area contributed by atoms with E-state index < -0.39 is 15.9 Å². The number of hydrogen-bond donors (Lipinski definition) is 1. The Labute approximate surface area is 158 Å². The fraction of sp³-hybridized carbons (Fsp3) is 0.421. The number of carbonyl (C=O) groups excluding carboxylic acids is 1. The second-order valence-corrected chi connectivity index (χ2v) is 9.21. The Hall–Kier alpha value is -2.16. The standard InChI is InChI=1S/C19H23N3O4S/c1-21(27(24,25)15-11-18(19(20)23)26-12-15)14-7-9-22-8-6-13-4-2-3-5-16(13)17(22)10-14/h2-5,11-12,14,17H,6-10H2,1H3,(H2,20,23). The molecular weight excluding hydrogens is 366 g/mol. The van der Waals surface area contributed by atoms with Crippen LogP contribution in [-0.2, 0) is 16.4 Å². The zero-order chi connectivity index (χ0) is 19.2. The number of fused-ring (bicyclic) bond motifs is 3. The molecule has 0 spiro atoms. The van der Waals surface area contributed by atoms with Crippen LogP contribution in [0.25, 0.3) is 0 Å². The number of nitrogens with zero attached hydrogens (tertiary/aromatic N) is 2. The molecule has 1 saturated heterocycles. The van der Waals surface area contributed by atoms with Gasteiger partial charge in [0.1, 0.15) is 11.2 Å². The molecule has 8 heteroatoms. The summed E-state index contributed by atoms with van der Waals surface area (Å²) in [6.07, 6.45) is 3.63. The second-order valence-electron chi connectivity index (χ2n) is 7.21. The summed E-state index contributed by atoms with van der Waals surface area (Å²) in [5.41, 5.74) is 7.82. The van der Waals surface area contributed by atoms with Crippen molar-refractivity contribution in [2.75, 3.05) is 20.1 Å². The molecule has 2 aromatic rings. The van der Waals surface area contributed by atoms with Crippen molar-refractivity contribution in [3.63, 3.8) is 0 Å². The normalized spacial score (nSPS) is 23.0. The molecule has 2 N–H and O–H groups in total.